The Hall–Kier alpha value is -3.85. The van der Waals surface area contributed by atoms with Crippen LogP contribution < -0.4 is 9.47 Å². The van der Waals surface area contributed by atoms with Crippen molar-refractivity contribution in [3.05, 3.63) is 77.5 Å². The molecule has 0 saturated heterocycles. The van der Waals surface area contributed by atoms with Crippen LogP contribution in [0.3, 0.4) is 0 Å². The van der Waals surface area contributed by atoms with Gasteiger partial charge in [-0.3, -0.25) is 4.98 Å². The van der Waals surface area contributed by atoms with Crippen molar-refractivity contribution >= 4 is 0 Å². The topological polar surface area (TPSA) is 93.2 Å². The number of nitrogens with zero attached hydrogens (tertiary/aromatic N) is 3. The number of aliphatic hydroxyl groups excluding tert-OH is 1. The molecule has 0 bridgehead atoms. The standard InChI is InChI=1S/C23H20F2N4O3/c1-13-7-17(24)19(26-9-13)12-32-15-4-5-16(20(8-15)31-2)22-18(11-30)28-23(29-22)14-3-6-21(25)27-10-14/h3-10,30H,11-12H2,1-2H3,(H,28,29). The predicted molar refractivity (Wildman–Crippen MR) is 113 cm³/mol. The predicted octanol–water partition coefficient (Wildman–Crippen LogP) is 4.20. The Morgan fingerprint density at radius 3 is 2.59 bits per heavy atom. The third-order valence-corrected chi connectivity index (χ3v) is 4.80. The molecular weight excluding hydrogens is 418 g/mol. The Bertz CT molecular complexity index is 1240. The number of benzene rings is 1. The second kappa shape index (κ2) is 9.11. The van der Waals surface area contributed by atoms with Gasteiger partial charge in [-0.05, 0) is 42.8 Å². The Morgan fingerprint density at radius 1 is 1.06 bits per heavy atom. The number of aromatic nitrogens is 4. The van der Waals surface area contributed by atoms with Crippen molar-refractivity contribution in [3.8, 4) is 34.1 Å². The van der Waals surface area contributed by atoms with Gasteiger partial charge in [0.25, 0.3) is 0 Å². The SMILES string of the molecule is COc1cc(OCc2ncc(C)cc2F)ccc1-c1nc(-c2ccc(F)nc2)[nH]c1CO. The monoisotopic (exact) mass is 438 g/mol. The number of halogens is 2. The second-order valence-electron chi connectivity index (χ2n) is 7.03. The first-order valence-corrected chi connectivity index (χ1v) is 9.72. The van der Waals surface area contributed by atoms with Crippen molar-refractivity contribution in [2.24, 2.45) is 0 Å². The fourth-order valence-corrected chi connectivity index (χ4v) is 3.18. The molecule has 1 aromatic carbocycles. The summed E-state index contributed by atoms with van der Waals surface area (Å²) < 4.78 is 38.3. The van der Waals surface area contributed by atoms with Crippen LogP contribution in [-0.4, -0.2) is 32.2 Å². The fourth-order valence-electron chi connectivity index (χ4n) is 3.18. The summed E-state index contributed by atoms with van der Waals surface area (Å²) in [7, 11) is 1.50. The van der Waals surface area contributed by atoms with Gasteiger partial charge < -0.3 is 19.6 Å². The van der Waals surface area contributed by atoms with Crippen LogP contribution >= 0.6 is 0 Å². The minimum Gasteiger partial charge on any atom is -0.496 e. The van der Waals surface area contributed by atoms with Crippen LogP contribution in [0.4, 0.5) is 8.78 Å². The van der Waals surface area contributed by atoms with Crippen LogP contribution in [0.5, 0.6) is 11.5 Å². The molecule has 3 heterocycles. The maximum absolute atomic E-state index is 14.0. The number of methoxy groups -OCH3 is 1. The molecule has 4 rings (SSSR count). The van der Waals surface area contributed by atoms with Gasteiger partial charge >= 0.3 is 0 Å². The van der Waals surface area contributed by atoms with Gasteiger partial charge in [-0.15, -0.1) is 0 Å². The van der Waals surface area contributed by atoms with Crippen molar-refractivity contribution in [3.63, 3.8) is 0 Å². The van der Waals surface area contributed by atoms with E-state index in [9.17, 15) is 13.9 Å². The average Bonchev–Trinajstić information content (AvgIpc) is 3.23. The molecule has 0 atom stereocenters. The minimum atomic E-state index is -0.596. The van der Waals surface area contributed by atoms with E-state index in [-0.39, 0.29) is 18.9 Å². The third kappa shape index (κ3) is 4.42. The van der Waals surface area contributed by atoms with E-state index in [0.717, 1.165) is 5.56 Å². The van der Waals surface area contributed by atoms with Gasteiger partial charge in [0.05, 0.1) is 25.1 Å². The van der Waals surface area contributed by atoms with Crippen LogP contribution in [0.15, 0.2) is 48.8 Å². The van der Waals surface area contributed by atoms with Crippen molar-refractivity contribution in [2.75, 3.05) is 7.11 Å². The number of pyridine rings is 2. The van der Waals surface area contributed by atoms with Gasteiger partial charge in [-0.1, -0.05) is 0 Å². The summed E-state index contributed by atoms with van der Waals surface area (Å²) in [6.07, 6.45) is 2.93. The molecule has 0 saturated carbocycles. The molecule has 0 aliphatic rings. The first kappa shape index (κ1) is 21.4. The number of rotatable bonds is 7. The number of imidazole rings is 1. The normalized spacial score (nSPS) is 10.9. The summed E-state index contributed by atoms with van der Waals surface area (Å²) >= 11 is 0. The first-order valence-electron chi connectivity index (χ1n) is 9.72. The zero-order valence-electron chi connectivity index (χ0n) is 17.4. The Labute approximate surface area is 182 Å². The lowest BCUT2D eigenvalue weighted by Crippen LogP contribution is -2.02. The van der Waals surface area contributed by atoms with E-state index >= 15 is 0 Å². The minimum absolute atomic E-state index is 0.0410. The van der Waals surface area contributed by atoms with E-state index in [4.69, 9.17) is 9.47 Å². The highest BCUT2D eigenvalue weighted by Crippen LogP contribution is 2.35. The highest BCUT2D eigenvalue weighted by atomic mass is 19.1. The summed E-state index contributed by atoms with van der Waals surface area (Å²) in [4.78, 5) is 15.3. The molecule has 0 aliphatic carbocycles. The third-order valence-electron chi connectivity index (χ3n) is 4.80. The number of aromatic amines is 1. The van der Waals surface area contributed by atoms with E-state index < -0.39 is 11.8 Å². The highest BCUT2D eigenvalue weighted by Gasteiger charge is 2.18. The molecule has 9 heteroatoms. The van der Waals surface area contributed by atoms with Gasteiger partial charge in [0, 0.05) is 29.6 Å². The number of hydrogen-bond acceptors (Lipinski definition) is 6. The van der Waals surface area contributed by atoms with Crippen molar-refractivity contribution < 1.29 is 23.4 Å². The van der Waals surface area contributed by atoms with E-state index in [0.29, 0.717) is 39.8 Å². The lowest BCUT2D eigenvalue weighted by Gasteiger charge is -2.12. The number of H-pyrrole nitrogens is 1. The smallest absolute Gasteiger partial charge is 0.212 e. The highest BCUT2D eigenvalue weighted by molar-refractivity contribution is 5.73. The van der Waals surface area contributed by atoms with E-state index in [2.05, 4.69) is 19.9 Å². The molecule has 0 aliphatic heterocycles. The average molecular weight is 438 g/mol. The van der Waals surface area contributed by atoms with Crippen LogP contribution in [0.25, 0.3) is 22.6 Å². The molecule has 0 unspecified atom stereocenters. The van der Waals surface area contributed by atoms with Crippen molar-refractivity contribution in [2.45, 2.75) is 20.1 Å². The maximum Gasteiger partial charge on any atom is 0.212 e. The summed E-state index contributed by atoms with van der Waals surface area (Å²) in [6, 6.07) is 9.25. The summed E-state index contributed by atoms with van der Waals surface area (Å²) in [5, 5.41) is 9.80. The number of aliphatic hydroxyl groups is 1. The molecule has 0 amide bonds. The quantitative estimate of drug-likeness (QED) is 0.420. The summed E-state index contributed by atoms with van der Waals surface area (Å²) in [6.45, 7) is 1.43. The van der Waals surface area contributed by atoms with Crippen LogP contribution in [-0.2, 0) is 13.2 Å². The number of nitrogens with one attached hydrogen (secondary N) is 1. The Morgan fingerprint density at radius 2 is 1.91 bits per heavy atom. The van der Waals surface area contributed by atoms with Gasteiger partial charge in [-0.2, -0.15) is 4.39 Å². The van der Waals surface area contributed by atoms with Crippen LogP contribution in [0.1, 0.15) is 17.0 Å². The van der Waals surface area contributed by atoms with Crippen molar-refractivity contribution in [1.82, 2.24) is 19.9 Å². The zero-order valence-corrected chi connectivity index (χ0v) is 17.4. The lowest BCUT2D eigenvalue weighted by atomic mass is 10.1. The molecule has 164 valence electrons. The number of aryl methyl sites for hydroxylation is 1. The first-order chi connectivity index (χ1) is 15.5. The molecule has 4 aromatic rings. The summed E-state index contributed by atoms with van der Waals surface area (Å²) in [5.41, 5.74) is 3.04. The fraction of sp³-hybridized carbons (Fsp3) is 0.174. The molecule has 0 fully saturated rings. The molecule has 0 spiro atoms. The largest absolute Gasteiger partial charge is 0.496 e. The molecule has 7 nitrogen and oxygen atoms in total. The molecular formula is C23H20F2N4O3. The van der Waals surface area contributed by atoms with Crippen molar-refractivity contribution in [1.29, 1.82) is 0 Å². The second-order valence-corrected chi connectivity index (χ2v) is 7.03. The number of ether oxygens (including phenoxy) is 2. The van der Waals surface area contributed by atoms with E-state index in [1.165, 1.54) is 25.4 Å². The zero-order chi connectivity index (χ0) is 22.7. The van der Waals surface area contributed by atoms with Gasteiger partial charge in [-0.25, -0.2) is 14.4 Å². The van der Waals surface area contributed by atoms with Gasteiger partial charge in [0.2, 0.25) is 5.95 Å². The van der Waals surface area contributed by atoms with Crippen LogP contribution in [0, 0.1) is 18.7 Å². The maximum atomic E-state index is 14.0. The molecule has 2 N–H and O–H groups in total. The molecule has 32 heavy (non-hydrogen) atoms. The van der Waals surface area contributed by atoms with E-state index in [1.807, 2.05) is 0 Å². The van der Waals surface area contributed by atoms with Gasteiger partial charge in [0.1, 0.15) is 35.4 Å². The lowest BCUT2D eigenvalue weighted by molar-refractivity contribution is 0.278. The Balaban J connectivity index is 1.62. The van der Waals surface area contributed by atoms with Gasteiger partial charge in [0.15, 0.2) is 0 Å². The Kier molecular flexibility index (Phi) is 6.09. The molecule has 3 aromatic heterocycles. The molecule has 0 radical (unpaired) electrons. The summed E-state index contributed by atoms with van der Waals surface area (Å²) in [5.74, 6) is 0.308. The van der Waals surface area contributed by atoms with E-state index in [1.54, 1.807) is 37.4 Å². The number of hydrogen-bond donors (Lipinski definition) is 2. The van der Waals surface area contributed by atoms with Crippen LogP contribution in [0.2, 0.25) is 0 Å².